The van der Waals surface area contributed by atoms with Crippen LogP contribution in [0.4, 0.5) is 0 Å². The number of hydrogen-bond acceptors (Lipinski definition) is 6. The van der Waals surface area contributed by atoms with Gasteiger partial charge in [0, 0.05) is 24.8 Å². The standard InChI is InChI=1S/C23H24N6O3/c1-15-6-3-8-17(12-15)20-24-22(32-26-20)18-9-5-11-28-21(18)25-29(23(28)31)14-19(30)27-10-4-7-16(2)13-27/h3,5-6,8-9,11-12,16H,4,7,10,13-14H2,1-2H3/t16-/m0/s1. The van der Waals surface area contributed by atoms with Crippen molar-refractivity contribution in [2.45, 2.75) is 33.2 Å². The van der Waals surface area contributed by atoms with Crippen LogP contribution in [0.25, 0.3) is 28.5 Å². The van der Waals surface area contributed by atoms with E-state index < -0.39 is 0 Å². The van der Waals surface area contributed by atoms with Gasteiger partial charge in [-0.05, 0) is 43.9 Å². The topological polar surface area (TPSA) is 98.5 Å². The molecule has 3 aromatic heterocycles. The Hall–Kier alpha value is -3.75. The summed E-state index contributed by atoms with van der Waals surface area (Å²) in [6, 6.07) is 11.3. The molecule has 4 aromatic rings. The number of aryl methyl sites for hydroxylation is 1. The Kier molecular flexibility index (Phi) is 5.08. The van der Waals surface area contributed by atoms with Crippen LogP contribution in [0, 0.1) is 12.8 Å². The number of fused-ring (bicyclic) bond motifs is 1. The molecule has 1 aromatic carbocycles. The van der Waals surface area contributed by atoms with Gasteiger partial charge in [0.15, 0.2) is 5.65 Å². The zero-order chi connectivity index (χ0) is 22.2. The van der Waals surface area contributed by atoms with Gasteiger partial charge in [-0.3, -0.25) is 4.79 Å². The molecule has 1 amide bonds. The molecule has 1 aliphatic rings. The SMILES string of the molecule is Cc1cccc(-c2noc(-c3cccn4c(=O)n(CC(=O)N5CCC[C@H](C)C5)nc34)n2)c1. The summed E-state index contributed by atoms with van der Waals surface area (Å²) in [6.07, 6.45) is 3.73. The van der Waals surface area contributed by atoms with Crippen LogP contribution in [0.15, 0.2) is 51.9 Å². The molecule has 9 heteroatoms. The molecule has 1 saturated heterocycles. The third kappa shape index (κ3) is 3.70. The van der Waals surface area contributed by atoms with Crippen molar-refractivity contribution in [2.24, 2.45) is 5.92 Å². The lowest BCUT2D eigenvalue weighted by Crippen LogP contribution is -2.42. The molecule has 0 bridgehead atoms. The lowest BCUT2D eigenvalue weighted by atomic mass is 10.0. The van der Waals surface area contributed by atoms with Crippen LogP contribution in [0.1, 0.15) is 25.3 Å². The van der Waals surface area contributed by atoms with Crippen LogP contribution in [-0.4, -0.2) is 48.2 Å². The maximum absolute atomic E-state index is 12.9. The predicted molar refractivity (Wildman–Crippen MR) is 118 cm³/mol. The van der Waals surface area contributed by atoms with Crippen molar-refractivity contribution in [2.75, 3.05) is 13.1 Å². The number of aromatic nitrogens is 5. The van der Waals surface area contributed by atoms with E-state index >= 15 is 0 Å². The number of piperidine rings is 1. The van der Waals surface area contributed by atoms with Crippen molar-refractivity contribution in [3.05, 3.63) is 58.6 Å². The Morgan fingerprint density at radius 1 is 1.25 bits per heavy atom. The third-order valence-electron chi connectivity index (χ3n) is 5.84. The number of amides is 1. The second-order valence-electron chi connectivity index (χ2n) is 8.44. The van der Waals surface area contributed by atoms with Gasteiger partial charge < -0.3 is 9.42 Å². The molecule has 0 radical (unpaired) electrons. The average molecular weight is 432 g/mol. The smallest absolute Gasteiger partial charge is 0.341 e. The fourth-order valence-corrected chi connectivity index (χ4v) is 4.19. The second kappa shape index (κ2) is 8.07. The predicted octanol–water partition coefficient (Wildman–Crippen LogP) is 2.78. The molecule has 1 aliphatic heterocycles. The first-order chi connectivity index (χ1) is 15.5. The summed E-state index contributed by atoms with van der Waals surface area (Å²) < 4.78 is 8.10. The summed E-state index contributed by atoms with van der Waals surface area (Å²) in [5, 5.41) is 8.52. The van der Waals surface area contributed by atoms with E-state index in [0.29, 0.717) is 23.0 Å². The Labute approximate surface area is 184 Å². The van der Waals surface area contributed by atoms with Crippen LogP contribution < -0.4 is 5.69 Å². The summed E-state index contributed by atoms with van der Waals surface area (Å²) in [5.74, 6) is 1.10. The van der Waals surface area contributed by atoms with E-state index in [0.717, 1.165) is 37.1 Å². The van der Waals surface area contributed by atoms with Crippen molar-refractivity contribution in [1.29, 1.82) is 0 Å². The highest BCUT2D eigenvalue weighted by molar-refractivity contribution is 5.76. The van der Waals surface area contributed by atoms with Crippen LogP contribution in [-0.2, 0) is 11.3 Å². The van der Waals surface area contributed by atoms with E-state index in [-0.39, 0.29) is 24.0 Å². The minimum Gasteiger partial charge on any atom is -0.341 e. The molecule has 5 rings (SSSR count). The summed E-state index contributed by atoms with van der Waals surface area (Å²) in [4.78, 5) is 32.0. The summed E-state index contributed by atoms with van der Waals surface area (Å²) in [6.45, 7) is 5.48. The van der Waals surface area contributed by atoms with Crippen molar-refractivity contribution in [1.82, 2.24) is 29.2 Å². The van der Waals surface area contributed by atoms with E-state index in [1.807, 2.05) is 36.1 Å². The molecule has 0 saturated carbocycles. The minimum atomic E-state index is -0.376. The number of likely N-dealkylation sites (tertiary alicyclic amines) is 1. The number of carbonyl (C=O) groups excluding carboxylic acids is 1. The first-order valence-electron chi connectivity index (χ1n) is 10.8. The number of hydrogen-bond donors (Lipinski definition) is 0. The van der Waals surface area contributed by atoms with Crippen LogP contribution in [0.3, 0.4) is 0 Å². The van der Waals surface area contributed by atoms with Gasteiger partial charge in [0.25, 0.3) is 5.89 Å². The van der Waals surface area contributed by atoms with E-state index in [9.17, 15) is 9.59 Å². The average Bonchev–Trinajstić information content (AvgIpc) is 3.39. The van der Waals surface area contributed by atoms with Crippen molar-refractivity contribution < 1.29 is 9.32 Å². The molecular formula is C23H24N6O3. The zero-order valence-corrected chi connectivity index (χ0v) is 18.1. The molecule has 0 N–H and O–H groups in total. The van der Waals surface area contributed by atoms with Gasteiger partial charge in [-0.1, -0.05) is 35.8 Å². The monoisotopic (exact) mass is 432 g/mol. The maximum atomic E-state index is 12.9. The van der Waals surface area contributed by atoms with Crippen LogP contribution in [0.2, 0.25) is 0 Å². The number of carbonyl (C=O) groups is 1. The van der Waals surface area contributed by atoms with Gasteiger partial charge in [-0.25, -0.2) is 13.9 Å². The number of rotatable bonds is 4. The fraction of sp³-hybridized carbons (Fsp3) is 0.348. The summed E-state index contributed by atoms with van der Waals surface area (Å²) in [5.41, 5.74) is 2.47. The second-order valence-corrected chi connectivity index (χ2v) is 8.44. The van der Waals surface area contributed by atoms with E-state index in [2.05, 4.69) is 22.2 Å². The molecule has 4 heterocycles. The van der Waals surface area contributed by atoms with Crippen molar-refractivity contribution >= 4 is 11.6 Å². The van der Waals surface area contributed by atoms with Gasteiger partial charge in [0.1, 0.15) is 6.54 Å². The third-order valence-corrected chi connectivity index (χ3v) is 5.84. The molecule has 1 fully saturated rings. The van der Waals surface area contributed by atoms with Crippen molar-refractivity contribution in [3.8, 4) is 22.8 Å². The summed E-state index contributed by atoms with van der Waals surface area (Å²) in [7, 11) is 0. The quantitative estimate of drug-likeness (QED) is 0.492. The molecule has 0 aliphatic carbocycles. The Morgan fingerprint density at radius 3 is 2.94 bits per heavy atom. The molecule has 9 nitrogen and oxygen atoms in total. The molecule has 0 unspecified atom stereocenters. The lowest BCUT2D eigenvalue weighted by molar-refractivity contribution is -0.133. The highest BCUT2D eigenvalue weighted by Crippen LogP contribution is 2.25. The van der Waals surface area contributed by atoms with Gasteiger partial charge in [-0.15, -0.1) is 5.10 Å². The molecule has 164 valence electrons. The Balaban J connectivity index is 1.47. The highest BCUT2D eigenvalue weighted by Gasteiger charge is 2.23. The van der Waals surface area contributed by atoms with Crippen LogP contribution in [0.5, 0.6) is 0 Å². The largest absolute Gasteiger partial charge is 0.350 e. The van der Waals surface area contributed by atoms with Gasteiger partial charge >= 0.3 is 5.69 Å². The molecular weight excluding hydrogens is 408 g/mol. The van der Waals surface area contributed by atoms with E-state index in [1.54, 1.807) is 18.3 Å². The normalized spacial score (nSPS) is 16.6. The molecule has 1 atom stereocenters. The summed E-state index contributed by atoms with van der Waals surface area (Å²) >= 11 is 0. The number of benzene rings is 1. The van der Waals surface area contributed by atoms with Gasteiger partial charge in [0.2, 0.25) is 11.7 Å². The number of nitrogens with zero attached hydrogens (tertiary/aromatic N) is 6. The van der Waals surface area contributed by atoms with Gasteiger partial charge in [-0.2, -0.15) is 4.98 Å². The van der Waals surface area contributed by atoms with E-state index in [4.69, 9.17) is 4.52 Å². The molecule has 0 spiro atoms. The van der Waals surface area contributed by atoms with Crippen LogP contribution >= 0.6 is 0 Å². The minimum absolute atomic E-state index is 0.0922. The maximum Gasteiger partial charge on any atom is 0.350 e. The Bertz CT molecular complexity index is 1350. The highest BCUT2D eigenvalue weighted by atomic mass is 16.5. The lowest BCUT2D eigenvalue weighted by Gasteiger charge is -2.30. The molecule has 32 heavy (non-hydrogen) atoms. The first-order valence-corrected chi connectivity index (χ1v) is 10.8. The van der Waals surface area contributed by atoms with Gasteiger partial charge in [0.05, 0.1) is 5.56 Å². The number of pyridine rings is 1. The first kappa shape index (κ1) is 20.2. The van der Waals surface area contributed by atoms with Crippen molar-refractivity contribution in [3.63, 3.8) is 0 Å². The van der Waals surface area contributed by atoms with E-state index in [1.165, 1.54) is 9.08 Å². The fourth-order valence-electron chi connectivity index (χ4n) is 4.19. The Morgan fingerprint density at radius 2 is 2.12 bits per heavy atom. The zero-order valence-electron chi connectivity index (χ0n) is 18.1.